The second-order valence-corrected chi connectivity index (χ2v) is 19.6. The first-order chi connectivity index (χ1) is 32.7. The van der Waals surface area contributed by atoms with Gasteiger partial charge in [-0.3, -0.25) is 0 Å². The van der Waals surface area contributed by atoms with Gasteiger partial charge in [-0.2, -0.15) is 0 Å². The standard InChI is InChI=1S/C56H50O10S2/c1-5-55(57,6-2)37-35-41-15-13-17-47(39-41)65-51-19-9-11-21-53(51)67(59,60)49-31-27-45(28-32-49)63-43-23-25-44(26-24-43)64-46-29-33-50(34-30-46)68(61,62)54-22-12-10-20-52(54)66-48-18-14-16-42(40-48)36-38-56(58,7-3)8-4/h9-34,39-40,57-58H,5-8H2,1-4H3. The number of ether oxygens (including phenoxy) is 4. The summed E-state index contributed by atoms with van der Waals surface area (Å²) in [4.78, 5) is 0.0554. The number of hydrogen-bond donors (Lipinski definition) is 2. The molecule has 0 spiro atoms. The van der Waals surface area contributed by atoms with Gasteiger partial charge >= 0.3 is 0 Å². The Kier molecular flexibility index (Phi) is 15.1. The summed E-state index contributed by atoms with van der Waals surface area (Å²) in [7, 11) is -8.03. The van der Waals surface area contributed by atoms with Crippen molar-refractivity contribution in [2.75, 3.05) is 0 Å². The first-order valence-electron chi connectivity index (χ1n) is 22.1. The Labute approximate surface area is 398 Å². The number of para-hydroxylation sites is 2. The molecule has 0 aliphatic heterocycles. The van der Waals surface area contributed by atoms with Crippen LogP contribution in [0.15, 0.2) is 189 Å². The van der Waals surface area contributed by atoms with Gasteiger partial charge < -0.3 is 29.2 Å². The van der Waals surface area contributed by atoms with Gasteiger partial charge in [-0.05, 0) is 159 Å². The molecule has 0 saturated carbocycles. The molecule has 7 aromatic rings. The highest BCUT2D eigenvalue weighted by Crippen LogP contribution is 2.36. The Bertz CT molecular complexity index is 3010. The molecule has 0 aliphatic carbocycles. The molecule has 10 nitrogen and oxygen atoms in total. The van der Waals surface area contributed by atoms with E-state index in [1.807, 2.05) is 27.7 Å². The minimum atomic E-state index is -4.02. The third-order valence-electron chi connectivity index (χ3n) is 11.2. The molecule has 68 heavy (non-hydrogen) atoms. The molecule has 0 heterocycles. The lowest BCUT2D eigenvalue weighted by atomic mass is 9.98. The molecule has 7 rings (SSSR count). The van der Waals surface area contributed by atoms with Gasteiger partial charge in [-0.15, -0.1) is 0 Å². The lowest BCUT2D eigenvalue weighted by Crippen LogP contribution is -2.23. The third-order valence-corrected chi connectivity index (χ3v) is 14.8. The zero-order valence-electron chi connectivity index (χ0n) is 38.0. The van der Waals surface area contributed by atoms with Crippen LogP contribution in [0.4, 0.5) is 0 Å². The molecule has 7 aromatic carbocycles. The topological polar surface area (TPSA) is 146 Å². The quantitative estimate of drug-likeness (QED) is 0.0898. The van der Waals surface area contributed by atoms with E-state index >= 15 is 0 Å². The van der Waals surface area contributed by atoms with E-state index in [1.165, 1.54) is 36.4 Å². The summed E-state index contributed by atoms with van der Waals surface area (Å²) in [5, 5.41) is 21.2. The smallest absolute Gasteiger partial charge is 0.210 e. The zero-order valence-corrected chi connectivity index (χ0v) is 39.6. The van der Waals surface area contributed by atoms with Crippen molar-refractivity contribution in [2.45, 2.75) is 84.2 Å². The van der Waals surface area contributed by atoms with Crippen LogP contribution in [0.5, 0.6) is 46.0 Å². The molecule has 0 atom stereocenters. The van der Waals surface area contributed by atoms with E-state index in [0.717, 1.165) is 0 Å². The molecule has 0 fully saturated rings. The SMILES string of the molecule is CCC(O)(C#Cc1cccc(Oc2ccccc2S(=O)(=O)c2ccc(Oc3ccc(Oc4ccc(S(=O)(=O)c5ccccc5Oc5cccc(C#CC(O)(CC)CC)c5)cc4)cc3)cc2)c1)CC. The van der Waals surface area contributed by atoms with Crippen molar-refractivity contribution in [2.24, 2.45) is 0 Å². The molecular weight excluding hydrogens is 897 g/mol. The molecule has 0 aromatic heterocycles. The maximum Gasteiger partial charge on any atom is 0.210 e. The normalized spacial score (nSPS) is 11.6. The molecule has 0 aliphatic rings. The second-order valence-electron chi connectivity index (χ2n) is 15.8. The van der Waals surface area contributed by atoms with Crippen LogP contribution in [0.3, 0.4) is 0 Å². The van der Waals surface area contributed by atoms with E-state index in [2.05, 4.69) is 23.7 Å². The van der Waals surface area contributed by atoms with Crippen molar-refractivity contribution in [1.29, 1.82) is 0 Å². The number of benzene rings is 7. The molecule has 0 amide bonds. The highest BCUT2D eigenvalue weighted by atomic mass is 32.2. The molecule has 0 saturated heterocycles. The fourth-order valence-electron chi connectivity index (χ4n) is 6.75. The van der Waals surface area contributed by atoms with E-state index in [-0.39, 0.29) is 31.1 Å². The molecular formula is C56H50O10S2. The molecule has 0 bridgehead atoms. The van der Waals surface area contributed by atoms with Gasteiger partial charge in [0.05, 0.1) is 9.79 Å². The van der Waals surface area contributed by atoms with Gasteiger partial charge in [-0.25, -0.2) is 16.8 Å². The Balaban J connectivity index is 0.978. The van der Waals surface area contributed by atoms with Gasteiger partial charge in [-0.1, -0.05) is 87.8 Å². The first kappa shape index (κ1) is 48.6. The van der Waals surface area contributed by atoms with Crippen LogP contribution in [0.25, 0.3) is 0 Å². The Morgan fingerprint density at radius 1 is 0.397 bits per heavy atom. The Morgan fingerprint density at radius 2 is 0.721 bits per heavy atom. The summed E-state index contributed by atoms with van der Waals surface area (Å²) < 4.78 is 79.8. The molecule has 2 N–H and O–H groups in total. The lowest BCUT2D eigenvalue weighted by molar-refractivity contribution is 0.0927. The summed E-state index contributed by atoms with van der Waals surface area (Å²) in [6.07, 6.45) is 1.96. The number of rotatable bonds is 16. The minimum Gasteiger partial charge on any atom is -0.457 e. The fraction of sp³-hybridized carbons (Fsp3) is 0.179. The van der Waals surface area contributed by atoms with Crippen LogP contribution in [0.2, 0.25) is 0 Å². The van der Waals surface area contributed by atoms with Crippen molar-refractivity contribution in [1.82, 2.24) is 0 Å². The van der Waals surface area contributed by atoms with Crippen LogP contribution >= 0.6 is 0 Å². The van der Waals surface area contributed by atoms with Gasteiger partial charge in [0.1, 0.15) is 67.0 Å². The third kappa shape index (κ3) is 11.8. The highest BCUT2D eigenvalue weighted by molar-refractivity contribution is 7.92. The molecule has 0 unspecified atom stereocenters. The fourth-order valence-corrected chi connectivity index (χ4v) is 9.51. The average Bonchev–Trinajstić information content (AvgIpc) is 3.36. The maximum atomic E-state index is 13.9. The summed E-state index contributed by atoms with van der Waals surface area (Å²) in [6, 6.07) is 45.6. The van der Waals surface area contributed by atoms with E-state index in [0.29, 0.717) is 71.3 Å². The summed E-state index contributed by atoms with van der Waals surface area (Å²) >= 11 is 0. The van der Waals surface area contributed by atoms with E-state index in [1.54, 1.807) is 133 Å². The summed E-state index contributed by atoms with van der Waals surface area (Å²) in [5.41, 5.74) is -0.943. The predicted molar refractivity (Wildman–Crippen MR) is 261 cm³/mol. The van der Waals surface area contributed by atoms with Crippen LogP contribution < -0.4 is 18.9 Å². The van der Waals surface area contributed by atoms with Crippen LogP contribution in [-0.2, 0) is 19.7 Å². The lowest BCUT2D eigenvalue weighted by Gasteiger charge is -2.17. The van der Waals surface area contributed by atoms with Crippen molar-refractivity contribution < 1.29 is 46.0 Å². The second kappa shape index (κ2) is 21.1. The maximum absolute atomic E-state index is 13.9. The average molecular weight is 947 g/mol. The minimum absolute atomic E-state index is 0.0152. The Morgan fingerprint density at radius 3 is 1.06 bits per heavy atom. The first-order valence-corrected chi connectivity index (χ1v) is 25.0. The predicted octanol–water partition coefficient (Wildman–Crippen LogP) is 12.3. The van der Waals surface area contributed by atoms with Crippen LogP contribution in [0, 0.1) is 23.7 Å². The number of hydrogen-bond acceptors (Lipinski definition) is 10. The molecule has 346 valence electrons. The Hall–Kier alpha value is -7.32. The van der Waals surface area contributed by atoms with Gasteiger partial charge in [0.25, 0.3) is 0 Å². The monoisotopic (exact) mass is 946 g/mol. The van der Waals surface area contributed by atoms with Crippen LogP contribution in [0.1, 0.15) is 64.5 Å². The zero-order chi connectivity index (χ0) is 48.4. The highest BCUT2D eigenvalue weighted by Gasteiger charge is 2.25. The van der Waals surface area contributed by atoms with Crippen molar-refractivity contribution in [3.8, 4) is 69.7 Å². The number of aliphatic hydroxyl groups is 2. The summed E-state index contributed by atoms with van der Waals surface area (Å²) in [6.45, 7) is 7.49. The van der Waals surface area contributed by atoms with E-state index in [4.69, 9.17) is 18.9 Å². The van der Waals surface area contributed by atoms with E-state index < -0.39 is 30.9 Å². The largest absolute Gasteiger partial charge is 0.457 e. The molecule has 0 radical (unpaired) electrons. The van der Waals surface area contributed by atoms with E-state index in [9.17, 15) is 27.0 Å². The summed E-state index contributed by atoms with van der Waals surface area (Å²) in [5.74, 6) is 14.7. The number of sulfone groups is 2. The van der Waals surface area contributed by atoms with Gasteiger partial charge in [0.15, 0.2) is 0 Å². The van der Waals surface area contributed by atoms with Crippen LogP contribution in [-0.4, -0.2) is 38.3 Å². The van der Waals surface area contributed by atoms with Crippen molar-refractivity contribution >= 4 is 19.7 Å². The van der Waals surface area contributed by atoms with Gasteiger partial charge in [0.2, 0.25) is 19.7 Å². The van der Waals surface area contributed by atoms with Crippen molar-refractivity contribution in [3.05, 3.63) is 181 Å². The van der Waals surface area contributed by atoms with Gasteiger partial charge in [0, 0.05) is 11.1 Å². The molecule has 12 heteroatoms. The van der Waals surface area contributed by atoms with Crippen molar-refractivity contribution in [3.63, 3.8) is 0 Å².